The van der Waals surface area contributed by atoms with Crippen LogP contribution in [0.15, 0.2) is 12.4 Å². The zero-order chi connectivity index (χ0) is 13.7. The summed E-state index contributed by atoms with van der Waals surface area (Å²) in [5.41, 5.74) is -0.0494. The molecule has 1 aliphatic rings. The normalized spacial score (nSPS) is 21.9. The van der Waals surface area contributed by atoms with Crippen LogP contribution in [-0.4, -0.2) is 34.8 Å². The van der Waals surface area contributed by atoms with Gasteiger partial charge in [0.15, 0.2) is 0 Å². The van der Waals surface area contributed by atoms with Crippen molar-refractivity contribution in [1.29, 1.82) is 0 Å². The molecule has 19 heavy (non-hydrogen) atoms. The maximum Gasteiger partial charge on any atom is 0.131 e. The third-order valence-electron chi connectivity index (χ3n) is 3.27. The molecular weight excluding hydrogens is 240 g/mol. The van der Waals surface area contributed by atoms with Crippen LogP contribution in [0.5, 0.6) is 0 Å². The monoisotopic (exact) mass is 264 g/mol. The first-order chi connectivity index (χ1) is 9.09. The standard InChI is InChI=1S/C14H24N4O/c1-4-6-15-12-8-13(17-10-16-12)18-11-5-7-19-14(2,3)9-11/h8,10-11H,4-7,9H2,1-3H3,(H2,15,16,17,18). The van der Waals surface area contributed by atoms with Crippen LogP contribution < -0.4 is 10.6 Å². The van der Waals surface area contributed by atoms with Gasteiger partial charge in [-0.05, 0) is 33.1 Å². The van der Waals surface area contributed by atoms with Crippen LogP contribution in [0.25, 0.3) is 0 Å². The van der Waals surface area contributed by atoms with Crippen molar-refractivity contribution >= 4 is 11.6 Å². The Balaban J connectivity index is 1.94. The number of hydrogen-bond acceptors (Lipinski definition) is 5. The van der Waals surface area contributed by atoms with Gasteiger partial charge in [0.25, 0.3) is 0 Å². The topological polar surface area (TPSA) is 59.1 Å². The molecular formula is C14H24N4O. The van der Waals surface area contributed by atoms with E-state index in [0.29, 0.717) is 6.04 Å². The lowest BCUT2D eigenvalue weighted by molar-refractivity contribution is -0.0553. The van der Waals surface area contributed by atoms with Crippen molar-refractivity contribution in [2.75, 3.05) is 23.8 Å². The Kier molecular flexibility index (Phi) is 4.58. The molecule has 106 valence electrons. The van der Waals surface area contributed by atoms with Crippen molar-refractivity contribution in [3.63, 3.8) is 0 Å². The smallest absolute Gasteiger partial charge is 0.131 e. The van der Waals surface area contributed by atoms with E-state index in [1.807, 2.05) is 6.07 Å². The third-order valence-corrected chi connectivity index (χ3v) is 3.27. The lowest BCUT2D eigenvalue weighted by atomic mass is 9.94. The molecule has 0 amide bonds. The first kappa shape index (κ1) is 14.1. The summed E-state index contributed by atoms with van der Waals surface area (Å²) in [6, 6.07) is 2.38. The van der Waals surface area contributed by atoms with Gasteiger partial charge in [-0.3, -0.25) is 0 Å². The molecule has 0 saturated carbocycles. The number of ether oxygens (including phenoxy) is 1. The van der Waals surface area contributed by atoms with E-state index in [-0.39, 0.29) is 5.60 Å². The van der Waals surface area contributed by atoms with Crippen LogP contribution >= 0.6 is 0 Å². The quantitative estimate of drug-likeness (QED) is 0.856. The molecule has 0 radical (unpaired) electrons. The highest BCUT2D eigenvalue weighted by atomic mass is 16.5. The summed E-state index contributed by atoms with van der Waals surface area (Å²) < 4.78 is 5.72. The SMILES string of the molecule is CCCNc1cc(NC2CCOC(C)(C)C2)ncn1. The molecule has 2 heterocycles. The molecule has 1 fully saturated rings. The molecule has 1 aromatic rings. The Bertz CT molecular complexity index is 408. The van der Waals surface area contributed by atoms with E-state index in [2.05, 4.69) is 41.4 Å². The molecule has 1 unspecified atom stereocenters. The van der Waals surface area contributed by atoms with Crippen LogP contribution in [-0.2, 0) is 4.74 Å². The van der Waals surface area contributed by atoms with E-state index in [9.17, 15) is 0 Å². The molecule has 5 nitrogen and oxygen atoms in total. The molecule has 2 N–H and O–H groups in total. The summed E-state index contributed by atoms with van der Waals surface area (Å²) in [4.78, 5) is 8.50. The first-order valence-corrected chi connectivity index (χ1v) is 7.05. The van der Waals surface area contributed by atoms with Gasteiger partial charge in [-0.2, -0.15) is 0 Å². The van der Waals surface area contributed by atoms with Gasteiger partial charge in [0, 0.05) is 25.3 Å². The molecule has 5 heteroatoms. The van der Waals surface area contributed by atoms with E-state index < -0.39 is 0 Å². The Morgan fingerprint density at radius 2 is 2.16 bits per heavy atom. The van der Waals surface area contributed by atoms with Gasteiger partial charge in [0.1, 0.15) is 18.0 Å². The lowest BCUT2D eigenvalue weighted by Crippen LogP contribution is -2.40. The summed E-state index contributed by atoms with van der Waals surface area (Å²) in [5, 5.41) is 6.75. The summed E-state index contributed by atoms with van der Waals surface area (Å²) in [7, 11) is 0. The summed E-state index contributed by atoms with van der Waals surface area (Å²) in [6.45, 7) is 8.14. The van der Waals surface area contributed by atoms with Gasteiger partial charge in [0.2, 0.25) is 0 Å². The molecule has 1 aliphatic heterocycles. The highest BCUT2D eigenvalue weighted by Crippen LogP contribution is 2.26. The minimum atomic E-state index is -0.0494. The predicted octanol–water partition coefficient (Wildman–Crippen LogP) is 2.67. The van der Waals surface area contributed by atoms with Gasteiger partial charge in [-0.25, -0.2) is 9.97 Å². The average Bonchev–Trinajstić information content (AvgIpc) is 2.35. The molecule has 1 saturated heterocycles. The van der Waals surface area contributed by atoms with E-state index in [4.69, 9.17) is 4.74 Å². The van der Waals surface area contributed by atoms with Crippen LogP contribution in [0.2, 0.25) is 0 Å². The largest absolute Gasteiger partial charge is 0.375 e. The first-order valence-electron chi connectivity index (χ1n) is 7.05. The Labute approximate surface area is 115 Å². The van der Waals surface area contributed by atoms with Crippen molar-refractivity contribution < 1.29 is 4.74 Å². The molecule has 1 aromatic heterocycles. The van der Waals surface area contributed by atoms with Crippen molar-refractivity contribution in [1.82, 2.24) is 9.97 Å². The van der Waals surface area contributed by atoms with Gasteiger partial charge in [-0.1, -0.05) is 6.92 Å². The minimum absolute atomic E-state index is 0.0494. The second kappa shape index (κ2) is 6.19. The number of nitrogens with zero attached hydrogens (tertiary/aromatic N) is 2. The zero-order valence-corrected chi connectivity index (χ0v) is 12.1. The van der Waals surface area contributed by atoms with Crippen LogP contribution in [0.3, 0.4) is 0 Å². The van der Waals surface area contributed by atoms with E-state index in [1.165, 1.54) is 0 Å². The van der Waals surface area contributed by atoms with Crippen molar-refractivity contribution in [2.45, 2.75) is 51.7 Å². The zero-order valence-electron chi connectivity index (χ0n) is 12.1. The maximum absolute atomic E-state index is 5.72. The van der Waals surface area contributed by atoms with Crippen molar-refractivity contribution in [3.05, 3.63) is 12.4 Å². The van der Waals surface area contributed by atoms with Gasteiger partial charge in [-0.15, -0.1) is 0 Å². The Morgan fingerprint density at radius 1 is 1.37 bits per heavy atom. The molecule has 1 atom stereocenters. The molecule has 2 rings (SSSR count). The summed E-state index contributed by atoms with van der Waals surface area (Å²) >= 11 is 0. The van der Waals surface area contributed by atoms with Gasteiger partial charge in [0.05, 0.1) is 5.60 Å². The Hall–Kier alpha value is -1.36. The van der Waals surface area contributed by atoms with Crippen molar-refractivity contribution in [2.24, 2.45) is 0 Å². The van der Waals surface area contributed by atoms with E-state index >= 15 is 0 Å². The summed E-state index contributed by atoms with van der Waals surface area (Å²) in [5.74, 6) is 1.77. The maximum atomic E-state index is 5.72. The molecule has 0 spiro atoms. The number of hydrogen-bond donors (Lipinski definition) is 2. The molecule has 0 bridgehead atoms. The second-order valence-electron chi connectivity index (χ2n) is 5.66. The predicted molar refractivity (Wildman–Crippen MR) is 77.5 cm³/mol. The van der Waals surface area contributed by atoms with Crippen molar-refractivity contribution in [3.8, 4) is 0 Å². The van der Waals surface area contributed by atoms with E-state index in [1.54, 1.807) is 6.33 Å². The number of anilines is 2. The molecule has 0 aromatic carbocycles. The molecule has 0 aliphatic carbocycles. The van der Waals surface area contributed by atoms with E-state index in [0.717, 1.165) is 44.0 Å². The fourth-order valence-electron chi connectivity index (χ4n) is 2.35. The number of nitrogens with one attached hydrogen (secondary N) is 2. The fourth-order valence-corrected chi connectivity index (χ4v) is 2.35. The van der Waals surface area contributed by atoms with Gasteiger partial charge < -0.3 is 15.4 Å². The third kappa shape index (κ3) is 4.35. The Morgan fingerprint density at radius 3 is 2.89 bits per heavy atom. The van der Waals surface area contributed by atoms with Crippen LogP contribution in [0.1, 0.15) is 40.0 Å². The van der Waals surface area contributed by atoms with Gasteiger partial charge >= 0.3 is 0 Å². The van der Waals surface area contributed by atoms with Crippen LogP contribution in [0, 0.1) is 0 Å². The number of aromatic nitrogens is 2. The highest BCUT2D eigenvalue weighted by Gasteiger charge is 2.28. The number of rotatable bonds is 5. The minimum Gasteiger partial charge on any atom is -0.375 e. The second-order valence-corrected chi connectivity index (χ2v) is 5.66. The fraction of sp³-hybridized carbons (Fsp3) is 0.714. The highest BCUT2D eigenvalue weighted by molar-refractivity contribution is 5.46. The van der Waals surface area contributed by atoms with Crippen LogP contribution in [0.4, 0.5) is 11.6 Å². The lowest BCUT2D eigenvalue weighted by Gasteiger charge is -2.36. The summed E-state index contributed by atoms with van der Waals surface area (Å²) in [6.07, 6.45) is 4.70. The average molecular weight is 264 g/mol.